The molecule has 0 fully saturated rings. The molecule has 23 heavy (non-hydrogen) atoms. The van der Waals surface area contributed by atoms with Gasteiger partial charge in [-0.2, -0.15) is 5.26 Å². The summed E-state index contributed by atoms with van der Waals surface area (Å²) < 4.78 is 0. The third-order valence-corrected chi connectivity index (χ3v) is 3.64. The molecular formula is C16H11N5OS. The molecule has 0 unspecified atom stereocenters. The summed E-state index contributed by atoms with van der Waals surface area (Å²) in [4.78, 5) is 20.6. The highest BCUT2D eigenvalue weighted by molar-refractivity contribution is 7.14. The summed E-state index contributed by atoms with van der Waals surface area (Å²) in [6.07, 6.45) is 1.67. The van der Waals surface area contributed by atoms with Crippen LogP contribution in [-0.4, -0.2) is 15.9 Å². The van der Waals surface area contributed by atoms with E-state index in [1.54, 1.807) is 35.8 Å². The number of hydrogen-bond acceptors (Lipinski definition) is 6. The van der Waals surface area contributed by atoms with E-state index in [0.717, 1.165) is 0 Å². The molecule has 0 saturated heterocycles. The Morgan fingerprint density at radius 1 is 1.22 bits per heavy atom. The van der Waals surface area contributed by atoms with Crippen LogP contribution in [0.3, 0.4) is 0 Å². The number of hydrogen-bond donors (Lipinski definition) is 2. The number of aromatic nitrogens is 2. The Morgan fingerprint density at radius 3 is 2.91 bits per heavy atom. The standard InChI is InChI=1S/C16H11N5OS/c17-9-11-4-3-5-12(8-11)19-15(22)13-10-23-16(20-13)21-14-6-1-2-7-18-14/h1-8,10H,(H,19,22)(H,18,20,21). The van der Waals surface area contributed by atoms with Gasteiger partial charge in [-0.1, -0.05) is 12.1 Å². The van der Waals surface area contributed by atoms with Crippen molar-refractivity contribution in [1.82, 2.24) is 9.97 Å². The van der Waals surface area contributed by atoms with Gasteiger partial charge in [-0.15, -0.1) is 11.3 Å². The van der Waals surface area contributed by atoms with Crippen molar-refractivity contribution in [3.63, 3.8) is 0 Å². The van der Waals surface area contributed by atoms with Crippen LogP contribution in [0.1, 0.15) is 16.1 Å². The zero-order valence-corrected chi connectivity index (χ0v) is 12.7. The summed E-state index contributed by atoms with van der Waals surface area (Å²) in [5.74, 6) is 0.334. The first kappa shape index (κ1) is 14.7. The van der Waals surface area contributed by atoms with Crippen molar-refractivity contribution in [2.45, 2.75) is 0 Å². The van der Waals surface area contributed by atoms with Gasteiger partial charge in [0.15, 0.2) is 5.13 Å². The molecule has 2 heterocycles. The number of carbonyl (C=O) groups is 1. The van der Waals surface area contributed by atoms with Crippen molar-refractivity contribution in [3.8, 4) is 6.07 Å². The van der Waals surface area contributed by atoms with E-state index in [9.17, 15) is 4.79 Å². The molecule has 3 aromatic rings. The van der Waals surface area contributed by atoms with Crippen LogP contribution in [0, 0.1) is 11.3 Å². The third-order valence-electron chi connectivity index (χ3n) is 2.89. The largest absolute Gasteiger partial charge is 0.321 e. The van der Waals surface area contributed by atoms with Crippen LogP contribution in [-0.2, 0) is 0 Å². The number of benzene rings is 1. The van der Waals surface area contributed by atoms with Gasteiger partial charge in [-0.3, -0.25) is 4.79 Å². The van der Waals surface area contributed by atoms with Crippen molar-refractivity contribution in [2.24, 2.45) is 0 Å². The van der Waals surface area contributed by atoms with Crippen molar-refractivity contribution in [1.29, 1.82) is 5.26 Å². The third kappa shape index (κ3) is 3.70. The highest BCUT2D eigenvalue weighted by atomic mass is 32.1. The summed E-state index contributed by atoms with van der Waals surface area (Å²) in [6.45, 7) is 0. The van der Waals surface area contributed by atoms with Crippen molar-refractivity contribution < 1.29 is 4.79 Å². The van der Waals surface area contributed by atoms with E-state index in [0.29, 0.717) is 27.9 Å². The van der Waals surface area contributed by atoms with Gasteiger partial charge in [0.25, 0.3) is 5.91 Å². The zero-order chi connectivity index (χ0) is 16.1. The quantitative estimate of drug-likeness (QED) is 0.768. The first-order chi connectivity index (χ1) is 11.2. The van der Waals surface area contributed by atoms with Gasteiger partial charge in [0.2, 0.25) is 0 Å². The van der Waals surface area contributed by atoms with Gasteiger partial charge < -0.3 is 10.6 Å². The van der Waals surface area contributed by atoms with Gasteiger partial charge in [0.05, 0.1) is 11.6 Å². The fourth-order valence-corrected chi connectivity index (χ4v) is 2.54. The van der Waals surface area contributed by atoms with Crippen LogP contribution < -0.4 is 10.6 Å². The minimum atomic E-state index is -0.328. The normalized spacial score (nSPS) is 9.87. The van der Waals surface area contributed by atoms with Crippen LogP contribution in [0.15, 0.2) is 54.0 Å². The predicted octanol–water partition coefficient (Wildman–Crippen LogP) is 3.41. The van der Waals surface area contributed by atoms with Gasteiger partial charge in [-0.25, -0.2) is 9.97 Å². The Kier molecular flexibility index (Phi) is 4.27. The van der Waals surface area contributed by atoms with Crippen LogP contribution in [0.4, 0.5) is 16.6 Å². The molecule has 112 valence electrons. The van der Waals surface area contributed by atoms with E-state index in [2.05, 4.69) is 20.6 Å². The Bertz CT molecular complexity index is 869. The lowest BCUT2D eigenvalue weighted by Crippen LogP contribution is -2.12. The summed E-state index contributed by atoms with van der Waals surface area (Å²) in [6, 6.07) is 14.2. The Morgan fingerprint density at radius 2 is 2.13 bits per heavy atom. The first-order valence-electron chi connectivity index (χ1n) is 6.70. The number of nitrogens with one attached hydrogen (secondary N) is 2. The average molecular weight is 321 g/mol. The van der Waals surface area contributed by atoms with Gasteiger partial charge in [-0.05, 0) is 30.3 Å². The van der Waals surface area contributed by atoms with Gasteiger partial charge in [0.1, 0.15) is 11.5 Å². The number of pyridine rings is 1. The second kappa shape index (κ2) is 6.68. The van der Waals surface area contributed by atoms with Crippen LogP contribution >= 0.6 is 11.3 Å². The van der Waals surface area contributed by atoms with Crippen LogP contribution in [0.2, 0.25) is 0 Å². The second-order valence-corrected chi connectivity index (χ2v) is 5.38. The Balaban J connectivity index is 1.70. The van der Waals surface area contributed by atoms with E-state index < -0.39 is 0 Å². The number of rotatable bonds is 4. The molecule has 1 aromatic carbocycles. The molecule has 3 rings (SSSR count). The molecule has 0 spiro atoms. The van der Waals surface area contributed by atoms with E-state index in [1.807, 2.05) is 24.3 Å². The Labute approximate surface area is 136 Å². The molecule has 6 nitrogen and oxygen atoms in total. The Hall–Kier alpha value is -3.24. The second-order valence-electron chi connectivity index (χ2n) is 4.52. The molecule has 0 aliphatic heterocycles. The number of carbonyl (C=O) groups excluding carboxylic acids is 1. The first-order valence-corrected chi connectivity index (χ1v) is 7.57. The average Bonchev–Trinajstić information content (AvgIpc) is 3.04. The van der Waals surface area contributed by atoms with Crippen molar-refractivity contribution in [2.75, 3.05) is 10.6 Å². The summed E-state index contributed by atoms with van der Waals surface area (Å²) in [7, 11) is 0. The number of thiazole rings is 1. The molecule has 0 bridgehead atoms. The molecule has 1 amide bonds. The maximum atomic E-state index is 12.2. The smallest absolute Gasteiger partial charge is 0.275 e. The van der Waals surface area contributed by atoms with E-state index >= 15 is 0 Å². The summed E-state index contributed by atoms with van der Waals surface area (Å²) in [5.41, 5.74) is 1.34. The zero-order valence-electron chi connectivity index (χ0n) is 11.9. The van der Waals surface area contributed by atoms with Crippen molar-refractivity contribution >= 4 is 33.9 Å². The molecule has 0 atom stereocenters. The lowest BCUT2D eigenvalue weighted by Gasteiger charge is -2.03. The maximum Gasteiger partial charge on any atom is 0.275 e. The minimum Gasteiger partial charge on any atom is -0.321 e. The number of amides is 1. The maximum absolute atomic E-state index is 12.2. The molecule has 7 heteroatoms. The van der Waals surface area contributed by atoms with E-state index in [4.69, 9.17) is 5.26 Å². The molecule has 0 radical (unpaired) electrons. The molecular weight excluding hydrogens is 310 g/mol. The monoisotopic (exact) mass is 321 g/mol. The van der Waals surface area contributed by atoms with Gasteiger partial charge in [0, 0.05) is 17.3 Å². The predicted molar refractivity (Wildman–Crippen MR) is 88.7 cm³/mol. The highest BCUT2D eigenvalue weighted by Gasteiger charge is 2.11. The number of anilines is 3. The molecule has 0 aliphatic rings. The number of nitriles is 1. The lowest BCUT2D eigenvalue weighted by molar-refractivity contribution is 0.102. The van der Waals surface area contributed by atoms with Crippen LogP contribution in [0.5, 0.6) is 0 Å². The molecule has 2 N–H and O–H groups in total. The van der Waals surface area contributed by atoms with E-state index in [-0.39, 0.29) is 5.91 Å². The van der Waals surface area contributed by atoms with Crippen molar-refractivity contribution in [3.05, 3.63) is 65.3 Å². The molecule has 0 aliphatic carbocycles. The highest BCUT2D eigenvalue weighted by Crippen LogP contribution is 2.20. The van der Waals surface area contributed by atoms with E-state index in [1.165, 1.54) is 11.3 Å². The molecule has 2 aromatic heterocycles. The van der Waals surface area contributed by atoms with Crippen LogP contribution in [0.25, 0.3) is 0 Å². The molecule has 0 saturated carbocycles. The lowest BCUT2D eigenvalue weighted by atomic mass is 10.2. The minimum absolute atomic E-state index is 0.302. The number of nitrogens with zero attached hydrogens (tertiary/aromatic N) is 3. The fourth-order valence-electron chi connectivity index (χ4n) is 1.84. The summed E-state index contributed by atoms with van der Waals surface area (Å²) in [5, 5.41) is 16.9. The SMILES string of the molecule is N#Cc1cccc(NC(=O)c2csc(Nc3ccccn3)n2)c1. The van der Waals surface area contributed by atoms with Gasteiger partial charge >= 0.3 is 0 Å². The summed E-state index contributed by atoms with van der Waals surface area (Å²) >= 11 is 1.32. The fraction of sp³-hybridized carbons (Fsp3) is 0. The topological polar surface area (TPSA) is 90.7 Å².